The van der Waals surface area contributed by atoms with E-state index in [1.165, 1.54) is 17.3 Å². The number of amides is 1. The molecule has 2 heterocycles. The molecule has 0 saturated carbocycles. The van der Waals surface area contributed by atoms with Crippen LogP contribution in [0.2, 0.25) is 0 Å². The molecule has 1 aliphatic rings. The van der Waals surface area contributed by atoms with E-state index in [0.717, 1.165) is 0 Å². The third-order valence-corrected chi connectivity index (χ3v) is 2.73. The van der Waals surface area contributed by atoms with Gasteiger partial charge in [-0.05, 0) is 12.1 Å². The monoisotopic (exact) mass is 236 g/mol. The summed E-state index contributed by atoms with van der Waals surface area (Å²) in [7, 11) is 0. The highest BCUT2D eigenvalue weighted by Gasteiger charge is 2.39. The lowest BCUT2D eigenvalue weighted by atomic mass is 10.2. The summed E-state index contributed by atoms with van der Waals surface area (Å²) in [4.78, 5) is 28.0. The minimum absolute atomic E-state index is 0.0463. The van der Waals surface area contributed by atoms with Gasteiger partial charge in [-0.2, -0.15) is 0 Å². The van der Waals surface area contributed by atoms with Crippen molar-refractivity contribution in [2.24, 2.45) is 0 Å². The third kappa shape index (κ3) is 2.26. The van der Waals surface area contributed by atoms with Gasteiger partial charge in [0.2, 0.25) is 0 Å². The molecule has 0 radical (unpaired) electrons. The largest absolute Gasteiger partial charge is 0.480 e. The van der Waals surface area contributed by atoms with Gasteiger partial charge in [-0.1, -0.05) is 0 Å². The minimum atomic E-state index is -1.10. The van der Waals surface area contributed by atoms with Crippen LogP contribution in [0.5, 0.6) is 0 Å². The van der Waals surface area contributed by atoms with Crippen molar-refractivity contribution in [2.45, 2.75) is 18.6 Å². The lowest BCUT2D eigenvalue weighted by Gasteiger charge is -2.20. The number of carbonyl (C=O) groups is 2. The highest BCUT2D eigenvalue weighted by molar-refractivity contribution is 5.96. The summed E-state index contributed by atoms with van der Waals surface area (Å²) in [6, 6.07) is 2.21. The van der Waals surface area contributed by atoms with E-state index in [1.807, 2.05) is 0 Å². The van der Waals surface area contributed by atoms with E-state index < -0.39 is 24.0 Å². The number of carbonyl (C=O) groups excluding carboxylic acids is 1. The number of carboxylic acids is 1. The van der Waals surface area contributed by atoms with Gasteiger partial charge >= 0.3 is 5.97 Å². The van der Waals surface area contributed by atoms with Gasteiger partial charge in [0.25, 0.3) is 5.91 Å². The van der Waals surface area contributed by atoms with Crippen molar-refractivity contribution < 1.29 is 19.8 Å². The minimum Gasteiger partial charge on any atom is -0.480 e. The highest BCUT2D eigenvalue weighted by Crippen LogP contribution is 2.20. The Morgan fingerprint density at radius 1 is 1.47 bits per heavy atom. The Morgan fingerprint density at radius 3 is 2.82 bits per heavy atom. The molecule has 2 rings (SSSR count). The fourth-order valence-corrected chi connectivity index (χ4v) is 1.93. The summed E-state index contributed by atoms with van der Waals surface area (Å²) < 4.78 is 0. The van der Waals surface area contributed by atoms with Crippen LogP contribution in [0, 0.1) is 0 Å². The zero-order valence-corrected chi connectivity index (χ0v) is 8.98. The number of hydrogen-bond donors (Lipinski definition) is 2. The second-order valence-electron chi connectivity index (χ2n) is 3.94. The Morgan fingerprint density at radius 2 is 2.24 bits per heavy atom. The van der Waals surface area contributed by atoms with Crippen LogP contribution in [0.4, 0.5) is 0 Å². The number of likely N-dealkylation sites (tertiary alicyclic amines) is 1. The first-order valence-electron chi connectivity index (χ1n) is 5.21. The molecule has 1 amide bonds. The first kappa shape index (κ1) is 11.5. The zero-order valence-electron chi connectivity index (χ0n) is 8.98. The van der Waals surface area contributed by atoms with E-state index in [2.05, 4.69) is 4.98 Å². The number of hydrogen-bond acceptors (Lipinski definition) is 4. The maximum atomic E-state index is 12.0. The molecule has 0 aromatic carbocycles. The van der Waals surface area contributed by atoms with Gasteiger partial charge < -0.3 is 15.1 Å². The van der Waals surface area contributed by atoms with Crippen molar-refractivity contribution in [2.75, 3.05) is 6.54 Å². The number of pyridine rings is 1. The van der Waals surface area contributed by atoms with E-state index in [0.29, 0.717) is 5.56 Å². The fourth-order valence-electron chi connectivity index (χ4n) is 1.93. The summed E-state index contributed by atoms with van der Waals surface area (Å²) in [6.45, 7) is 0.0463. The summed E-state index contributed by atoms with van der Waals surface area (Å²) in [6.07, 6.45) is 2.20. The van der Waals surface area contributed by atoms with Crippen molar-refractivity contribution in [3.63, 3.8) is 0 Å². The van der Waals surface area contributed by atoms with Crippen LogP contribution < -0.4 is 0 Å². The molecule has 17 heavy (non-hydrogen) atoms. The Hall–Kier alpha value is -1.95. The van der Waals surface area contributed by atoms with Crippen LogP contribution in [0.15, 0.2) is 24.5 Å². The molecule has 0 bridgehead atoms. The average Bonchev–Trinajstić information content (AvgIpc) is 2.72. The summed E-state index contributed by atoms with van der Waals surface area (Å²) in [5.74, 6) is -1.51. The molecular weight excluding hydrogens is 224 g/mol. The molecule has 90 valence electrons. The number of β-amino-alcohol motifs (C(OH)–C–C–N with tert-alkyl or cyclic N) is 1. The number of aliphatic hydroxyl groups is 1. The molecule has 6 nitrogen and oxygen atoms in total. The molecule has 1 aromatic heterocycles. The maximum absolute atomic E-state index is 12.0. The number of aromatic nitrogens is 1. The lowest BCUT2D eigenvalue weighted by Crippen LogP contribution is -2.40. The summed E-state index contributed by atoms with van der Waals surface area (Å²) >= 11 is 0. The zero-order chi connectivity index (χ0) is 12.4. The molecule has 1 aromatic rings. The van der Waals surface area contributed by atoms with Gasteiger partial charge in [0, 0.05) is 25.4 Å². The van der Waals surface area contributed by atoms with Gasteiger partial charge in [0.05, 0.1) is 11.7 Å². The van der Waals surface area contributed by atoms with Gasteiger partial charge in [-0.15, -0.1) is 0 Å². The molecule has 1 fully saturated rings. The molecule has 2 unspecified atom stereocenters. The highest BCUT2D eigenvalue weighted by atomic mass is 16.4. The van der Waals surface area contributed by atoms with Crippen LogP contribution >= 0.6 is 0 Å². The first-order valence-corrected chi connectivity index (χ1v) is 5.21. The van der Waals surface area contributed by atoms with E-state index in [9.17, 15) is 14.7 Å². The molecule has 2 atom stereocenters. The summed E-state index contributed by atoms with van der Waals surface area (Å²) in [5, 5.41) is 18.4. The van der Waals surface area contributed by atoms with Gasteiger partial charge in [-0.25, -0.2) is 4.79 Å². The van der Waals surface area contributed by atoms with Crippen LogP contribution in [-0.2, 0) is 4.79 Å². The van der Waals surface area contributed by atoms with Crippen LogP contribution in [0.3, 0.4) is 0 Å². The Bertz CT molecular complexity index is 434. The normalized spacial score (nSPS) is 23.7. The Labute approximate surface area is 97.5 Å². The molecule has 1 saturated heterocycles. The van der Waals surface area contributed by atoms with Crippen LogP contribution in [-0.4, -0.2) is 50.7 Å². The Kier molecular flexibility index (Phi) is 3.06. The van der Waals surface area contributed by atoms with Crippen molar-refractivity contribution in [1.82, 2.24) is 9.88 Å². The second kappa shape index (κ2) is 4.50. The van der Waals surface area contributed by atoms with E-state index in [1.54, 1.807) is 12.1 Å². The molecule has 1 aliphatic heterocycles. The third-order valence-electron chi connectivity index (χ3n) is 2.73. The summed E-state index contributed by atoms with van der Waals surface area (Å²) in [5.41, 5.74) is 0.327. The number of carboxylic acid groups (broad SMARTS) is 1. The quantitative estimate of drug-likeness (QED) is 0.738. The Balaban J connectivity index is 2.22. The number of aliphatic carboxylic acids is 1. The predicted molar refractivity (Wildman–Crippen MR) is 57.3 cm³/mol. The SMILES string of the molecule is O=C(O)C1CC(O)CN1C(=O)c1cccnc1. The van der Waals surface area contributed by atoms with Crippen molar-refractivity contribution >= 4 is 11.9 Å². The number of aliphatic hydroxyl groups excluding tert-OH is 1. The average molecular weight is 236 g/mol. The smallest absolute Gasteiger partial charge is 0.326 e. The van der Waals surface area contributed by atoms with Crippen molar-refractivity contribution in [3.8, 4) is 0 Å². The van der Waals surface area contributed by atoms with Crippen molar-refractivity contribution in [3.05, 3.63) is 30.1 Å². The standard InChI is InChI=1S/C11H12N2O4/c14-8-4-9(11(16)17)13(6-8)10(15)7-2-1-3-12-5-7/h1-3,5,8-9,14H,4,6H2,(H,16,17). The van der Waals surface area contributed by atoms with Crippen molar-refractivity contribution in [1.29, 1.82) is 0 Å². The van der Waals surface area contributed by atoms with E-state index in [-0.39, 0.29) is 13.0 Å². The van der Waals surface area contributed by atoms with Gasteiger partial charge in [0.1, 0.15) is 6.04 Å². The van der Waals surface area contributed by atoms with Crippen LogP contribution in [0.25, 0.3) is 0 Å². The molecule has 0 aliphatic carbocycles. The number of nitrogens with zero attached hydrogens (tertiary/aromatic N) is 2. The lowest BCUT2D eigenvalue weighted by molar-refractivity contribution is -0.141. The maximum Gasteiger partial charge on any atom is 0.326 e. The molecular formula is C11H12N2O4. The van der Waals surface area contributed by atoms with E-state index in [4.69, 9.17) is 5.11 Å². The number of rotatable bonds is 2. The van der Waals surface area contributed by atoms with E-state index >= 15 is 0 Å². The van der Waals surface area contributed by atoms with Gasteiger partial charge in [0.15, 0.2) is 0 Å². The second-order valence-corrected chi connectivity index (χ2v) is 3.94. The molecule has 6 heteroatoms. The fraction of sp³-hybridized carbons (Fsp3) is 0.364. The molecule has 0 spiro atoms. The van der Waals surface area contributed by atoms with Gasteiger partial charge in [-0.3, -0.25) is 9.78 Å². The predicted octanol–water partition coefficient (Wildman–Crippen LogP) is -0.258. The topological polar surface area (TPSA) is 90.7 Å². The first-order chi connectivity index (χ1) is 8.09. The van der Waals surface area contributed by atoms with Crippen LogP contribution in [0.1, 0.15) is 16.8 Å². The molecule has 2 N–H and O–H groups in total.